The number of hydrogen-bond acceptors (Lipinski definition) is 1. The van der Waals surface area contributed by atoms with Gasteiger partial charge in [0.25, 0.3) is 0 Å². The minimum Gasteiger partial charge on any atom is -0.491 e. The lowest BCUT2D eigenvalue weighted by Crippen LogP contribution is -2.18. The third kappa shape index (κ3) is 5.19. The Balaban J connectivity index is 1.63. The summed E-state index contributed by atoms with van der Waals surface area (Å²) < 4.78 is 5.97. The maximum absolute atomic E-state index is 5.97. The Morgan fingerprint density at radius 2 is 1.60 bits per heavy atom. The van der Waals surface area contributed by atoms with Crippen LogP contribution in [0.5, 0.6) is 5.75 Å². The van der Waals surface area contributed by atoms with Crippen molar-refractivity contribution < 1.29 is 4.74 Å². The van der Waals surface area contributed by atoms with E-state index in [0.717, 1.165) is 17.6 Å². The molecule has 0 bridgehead atoms. The largest absolute Gasteiger partial charge is 0.491 e. The van der Waals surface area contributed by atoms with Crippen molar-refractivity contribution in [2.75, 3.05) is 0 Å². The molecule has 0 amide bonds. The number of ether oxygens (including phenoxy) is 1. The molecule has 1 aliphatic carbocycles. The molecule has 1 aromatic carbocycles. The third-order valence-electron chi connectivity index (χ3n) is 4.73. The summed E-state index contributed by atoms with van der Waals surface area (Å²) >= 11 is 0. The van der Waals surface area contributed by atoms with Crippen molar-refractivity contribution in [3.8, 4) is 5.75 Å². The van der Waals surface area contributed by atoms with Crippen LogP contribution >= 0.6 is 0 Å². The average Bonchev–Trinajstić information content (AvgIpc) is 2.48. The first kappa shape index (κ1) is 15.4. The van der Waals surface area contributed by atoms with E-state index in [9.17, 15) is 0 Å². The first-order chi connectivity index (χ1) is 9.78. The highest BCUT2D eigenvalue weighted by molar-refractivity contribution is 5.21. The third-order valence-corrected chi connectivity index (χ3v) is 4.73. The van der Waals surface area contributed by atoms with Gasteiger partial charge in [-0.3, -0.25) is 0 Å². The molecule has 1 heteroatoms. The van der Waals surface area contributed by atoms with Gasteiger partial charge in [0.2, 0.25) is 0 Å². The van der Waals surface area contributed by atoms with Gasteiger partial charge in [0.1, 0.15) is 5.75 Å². The summed E-state index contributed by atoms with van der Waals surface area (Å²) in [6, 6.07) is 10.2. The molecule has 0 heterocycles. The summed E-state index contributed by atoms with van der Waals surface area (Å²) in [7, 11) is 0. The van der Waals surface area contributed by atoms with Gasteiger partial charge in [-0.2, -0.15) is 0 Å². The van der Waals surface area contributed by atoms with Gasteiger partial charge in [0, 0.05) is 0 Å². The van der Waals surface area contributed by atoms with Crippen LogP contribution in [-0.2, 0) is 0 Å². The van der Waals surface area contributed by atoms with E-state index in [2.05, 4.69) is 13.8 Å². The molecule has 20 heavy (non-hydrogen) atoms. The summed E-state index contributed by atoms with van der Waals surface area (Å²) in [5, 5.41) is 0. The van der Waals surface area contributed by atoms with Crippen molar-refractivity contribution >= 4 is 0 Å². The van der Waals surface area contributed by atoms with E-state index >= 15 is 0 Å². The Morgan fingerprint density at radius 3 is 2.20 bits per heavy atom. The molecule has 1 nitrogen and oxygen atoms in total. The fourth-order valence-electron chi connectivity index (χ4n) is 3.48. The molecule has 0 saturated heterocycles. The van der Waals surface area contributed by atoms with Crippen LogP contribution in [0.4, 0.5) is 0 Å². The zero-order chi connectivity index (χ0) is 14.2. The van der Waals surface area contributed by atoms with Crippen LogP contribution in [-0.4, -0.2) is 6.10 Å². The van der Waals surface area contributed by atoms with E-state index in [1.54, 1.807) is 0 Å². The standard InChI is InChI=1S/C19H30O/c1-3-7-17-12-14-18(15-13-17)11-10-16(2)20-19-8-5-4-6-9-19/h4-6,8-9,16-18H,3,7,10-15H2,1-2H3. The summed E-state index contributed by atoms with van der Waals surface area (Å²) in [5.74, 6) is 2.98. The number of hydrogen-bond donors (Lipinski definition) is 0. The van der Waals surface area contributed by atoms with Gasteiger partial charge in [-0.15, -0.1) is 0 Å². The highest BCUT2D eigenvalue weighted by atomic mass is 16.5. The minimum absolute atomic E-state index is 0.339. The number of para-hydroxylation sites is 1. The van der Waals surface area contributed by atoms with Crippen LogP contribution in [0.2, 0.25) is 0 Å². The molecule has 1 saturated carbocycles. The molecule has 0 aliphatic heterocycles. The quantitative estimate of drug-likeness (QED) is 0.607. The predicted octanol–water partition coefficient (Wildman–Crippen LogP) is 5.84. The number of benzene rings is 1. The zero-order valence-electron chi connectivity index (χ0n) is 13.2. The van der Waals surface area contributed by atoms with Gasteiger partial charge in [-0.25, -0.2) is 0 Å². The van der Waals surface area contributed by atoms with E-state index < -0.39 is 0 Å². The van der Waals surface area contributed by atoms with Crippen molar-refractivity contribution in [3.63, 3.8) is 0 Å². The van der Waals surface area contributed by atoms with E-state index in [1.165, 1.54) is 51.4 Å². The maximum Gasteiger partial charge on any atom is 0.119 e. The molecule has 0 radical (unpaired) electrons. The van der Waals surface area contributed by atoms with Crippen molar-refractivity contribution in [1.82, 2.24) is 0 Å². The predicted molar refractivity (Wildman–Crippen MR) is 86.1 cm³/mol. The Hall–Kier alpha value is -0.980. The molecular formula is C19H30O. The molecule has 1 aliphatic rings. The van der Waals surface area contributed by atoms with Gasteiger partial charge in [0.15, 0.2) is 0 Å². The normalized spacial score (nSPS) is 24.3. The molecule has 1 unspecified atom stereocenters. The molecule has 0 spiro atoms. The zero-order valence-corrected chi connectivity index (χ0v) is 13.2. The van der Waals surface area contributed by atoms with Crippen LogP contribution in [0.25, 0.3) is 0 Å². The molecular weight excluding hydrogens is 244 g/mol. The Labute approximate surface area is 124 Å². The molecule has 1 aromatic rings. The maximum atomic E-state index is 5.97. The van der Waals surface area contributed by atoms with Crippen LogP contribution in [0, 0.1) is 11.8 Å². The summed E-state index contributed by atoms with van der Waals surface area (Å²) in [5.41, 5.74) is 0. The second-order valence-electron chi connectivity index (χ2n) is 6.49. The average molecular weight is 274 g/mol. The van der Waals surface area contributed by atoms with Crippen LogP contribution < -0.4 is 4.74 Å². The van der Waals surface area contributed by atoms with Gasteiger partial charge in [0.05, 0.1) is 6.10 Å². The molecule has 0 N–H and O–H groups in total. The van der Waals surface area contributed by atoms with E-state index in [4.69, 9.17) is 4.74 Å². The van der Waals surface area contributed by atoms with E-state index in [0.29, 0.717) is 6.10 Å². The first-order valence-electron chi connectivity index (χ1n) is 8.49. The topological polar surface area (TPSA) is 9.23 Å². The highest BCUT2D eigenvalue weighted by Gasteiger charge is 2.21. The van der Waals surface area contributed by atoms with Crippen LogP contribution in [0.3, 0.4) is 0 Å². The van der Waals surface area contributed by atoms with Crippen LogP contribution in [0.15, 0.2) is 30.3 Å². The van der Waals surface area contributed by atoms with Gasteiger partial charge < -0.3 is 4.74 Å². The molecule has 1 fully saturated rings. The van der Waals surface area contributed by atoms with Crippen molar-refractivity contribution in [1.29, 1.82) is 0 Å². The van der Waals surface area contributed by atoms with E-state index in [-0.39, 0.29) is 0 Å². The second kappa shape index (κ2) is 8.34. The molecule has 2 rings (SSSR count). The monoisotopic (exact) mass is 274 g/mol. The summed E-state index contributed by atoms with van der Waals surface area (Å²) in [4.78, 5) is 0. The Kier molecular flexibility index (Phi) is 6.42. The SMILES string of the molecule is CCCC1CCC(CCC(C)Oc2ccccc2)CC1. The van der Waals surface area contributed by atoms with Crippen LogP contribution in [0.1, 0.15) is 65.2 Å². The lowest BCUT2D eigenvalue weighted by atomic mass is 9.78. The second-order valence-corrected chi connectivity index (χ2v) is 6.49. The molecule has 112 valence electrons. The van der Waals surface area contributed by atoms with Gasteiger partial charge >= 0.3 is 0 Å². The fourth-order valence-corrected chi connectivity index (χ4v) is 3.48. The lowest BCUT2D eigenvalue weighted by Gasteiger charge is -2.29. The van der Waals surface area contributed by atoms with Crippen molar-refractivity contribution in [2.24, 2.45) is 11.8 Å². The highest BCUT2D eigenvalue weighted by Crippen LogP contribution is 2.34. The smallest absolute Gasteiger partial charge is 0.119 e. The first-order valence-corrected chi connectivity index (χ1v) is 8.49. The van der Waals surface area contributed by atoms with Gasteiger partial charge in [-0.1, -0.05) is 63.6 Å². The molecule has 0 aromatic heterocycles. The minimum atomic E-state index is 0.339. The number of rotatable bonds is 7. The van der Waals surface area contributed by atoms with Crippen molar-refractivity contribution in [2.45, 2.75) is 71.3 Å². The lowest BCUT2D eigenvalue weighted by molar-refractivity contribution is 0.180. The van der Waals surface area contributed by atoms with Gasteiger partial charge in [-0.05, 0) is 43.7 Å². The Bertz CT molecular complexity index is 351. The molecule has 1 atom stereocenters. The summed E-state index contributed by atoms with van der Waals surface area (Å²) in [6.45, 7) is 4.52. The fraction of sp³-hybridized carbons (Fsp3) is 0.684. The Morgan fingerprint density at radius 1 is 1.00 bits per heavy atom. The van der Waals surface area contributed by atoms with E-state index in [1.807, 2.05) is 30.3 Å². The summed E-state index contributed by atoms with van der Waals surface area (Å²) in [6.07, 6.45) is 11.5. The van der Waals surface area contributed by atoms with Crippen molar-refractivity contribution in [3.05, 3.63) is 30.3 Å².